The smallest absolute Gasteiger partial charge is 0.356 e. The molecule has 23 heavy (non-hydrogen) atoms. The van der Waals surface area contributed by atoms with Crippen LogP contribution in [0.1, 0.15) is 33.3 Å². The van der Waals surface area contributed by atoms with Crippen molar-refractivity contribution >= 4 is 20.2 Å². The van der Waals surface area contributed by atoms with E-state index in [2.05, 4.69) is 5.32 Å². The maximum atomic E-state index is 12.0. The molecule has 0 aliphatic rings. The molecule has 1 aromatic rings. The van der Waals surface area contributed by atoms with Crippen molar-refractivity contribution < 1.29 is 19.1 Å². The maximum Gasteiger partial charge on any atom is 0.356 e. The highest BCUT2D eigenvalue weighted by molar-refractivity contribution is 6.74. The lowest BCUT2D eigenvalue weighted by atomic mass is 10.0. The van der Waals surface area contributed by atoms with Gasteiger partial charge in [-0.05, 0) is 23.7 Å². The van der Waals surface area contributed by atoms with Crippen LogP contribution in [0.25, 0.3) is 0 Å². The number of hydrogen-bond acceptors (Lipinski definition) is 3. The van der Waals surface area contributed by atoms with Gasteiger partial charge in [0.15, 0.2) is 8.32 Å². The van der Waals surface area contributed by atoms with Gasteiger partial charge in [0, 0.05) is 13.3 Å². The molecule has 0 aliphatic heterocycles. The Morgan fingerprint density at radius 3 is 2.09 bits per heavy atom. The highest BCUT2D eigenvalue weighted by Gasteiger charge is 2.49. The molecule has 0 bridgehead atoms. The van der Waals surface area contributed by atoms with Crippen molar-refractivity contribution in [2.45, 2.75) is 58.0 Å². The minimum absolute atomic E-state index is 0.0786. The van der Waals surface area contributed by atoms with Crippen molar-refractivity contribution in [3.63, 3.8) is 0 Å². The third-order valence-electron chi connectivity index (χ3n) is 4.25. The Kier molecular flexibility index (Phi) is 5.77. The van der Waals surface area contributed by atoms with Gasteiger partial charge in [-0.25, -0.2) is 4.79 Å². The van der Waals surface area contributed by atoms with Crippen LogP contribution in [0.2, 0.25) is 18.1 Å². The zero-order chi connectivity index (χ0) is 17.9. The van der Waals surface area contributed by atoms with E-state index in [-0.39, 0.29) is 11.5 Å². The summed E-state index contributed by atoms with van der Waals surface area (Å²) in [7, 11) is -2.42. The molecule has 1 unspecified atom stereocenters. The zero-order valence-corrected chi connectivity index (χ0v) is 15.8. The van der Waals surface area contributed by atoms with Crippen LogP contribution in [-0.4, -0.2) is 31.0 Å². The second-order valence-corrected chi connectivity index (χ2v) is 12.1. The molecule has 1 amide bonds. The fraction of sp³-hybridized carbons (Fsp3) is 0.529. The summed E-state index contributed by atoms with van der Waals surface area (Å²) in [5.74, 6) is -1.61. The van der Waals surface area contributed by atoms with E-state index in [1.54, 1.807) is 0 Å². The molecule has 5 nitrogen and oxygen atoms in total. The zero-order valence-electron chi connectivity index (χ0n) is 14.8. The van der Waals surface area contributed by atoms with Crippen molar-refractivity contribution in [2.24, 2.45) is 0 Å². The Hall–Kier alpha value is -1.66. The van der Waals surface area contributed by atoms with Crippen molar-refractivity contribution in [2.75, 3.05) is 0 Å². The number of carbonyl (C=O) groups is 2. The molecule has 0 heterocycles. The first-order chi connectivity index (χ1) is 10.4. The van der Waals surface area contributed by atoms with Crippen molar-refractivity contribution in [1.29, 1.82) is 0 Å². The number of rotatable bonds is 6. The van der Waals surface area contributed by atoms with Gasteiger partial charge in [0.1, 0.15) is 0 Å². The number of aliphatic carboxylic acids is 1. The number of benzene rings is 1. The first-order valence-corrected chi connectivity index (χ1v) is 10.6. The average Bonchev–Trinajstić information content (AvgIpc) is 2.36. The topological polar surface area (TPSA) is 75.6 Å². The molecule has 2 N–H and O–H groups in total. The number of nitrogens with one attached hydrogen (secondary N) is 1. The van der Waals surface area contributed by atoms with E-state index in [0.29, 0.717) is 0 Å². The van der Waals surface area contributed by atoms with Crippen LogP contribution < -0.4 is 5.32 Å². The molecule has 0 saturated carbocycles. The maximum absolute atomic E-state index is 12.0. The predicted octanol–water partition coefficient (Wildman–Crippen LogP) is 3.17. The van der Waals surface area contributed by atoms with E-state index in [9.17, 15) is 14.7 Å². The van der Waals surface area contributed by atoms with E-state index in [1.165, 1.54) is 6.92 Å². The number of carboxylic acids is 1. The van der Waals surface area contributed by atoms with Crippen LogP contribution in [0.4, 0.5) is 0 Å². The van der Waals surface area contributed by atoms with Crippen LogP contribution in [0.3, 0.4) is 0 Å². The Morgan fingerprint density at radius 1 is 1.17 bits per heavy atom. The summed E-state index contributed by atoms with van der Waals surface area (Å²) in [4.78, 5) is 23.7. The van der Waals surface area contributed by atoms with Gasteiger partial charge in [0.2, 0.25) is 11.6 Å². The standard InChI is InChI=1S/C17H27NO4Si/c1-13(19)18-17(15(20)21,12-14-10-8-7-9-11-14)22-23(5,6)16(2,3)4/h7-11H,12H2,1-6H3,(H,18,19)(H,20,21). The Balaban J connectivity index is 3.29. The summed E-state index contributed by atoms with van der Waals surface area (Å²) in [5.41, 5.74) is -0.960. The fourth-order valence-electron chi connectivity index (χ4n) is 2.03. The quantitative estimate of drug-likeness (QED) is 0.617. The van der Waals surface area contributed by atoms with E-state index >= 15 is 0 Å². The third-order valence-corrected chi connectivity index (χ3v) is 8.73. The average molecular weight is 337 g/mol. The van der Waals surface area contributed by atoms with Crippen LogP contribution in [0.5, 0.6) is 0 Å². The van der Waals surface area contributed by atoms with Crippen LogP contribution >= 0.6 is 0 Å². The first kappa shape index (κ1) is 19.4. The molecule has 128 valence electrons. The third kappa shape index (κ3) is 4.91. The highest BCUT2D eigenvalue weighted by atomic mass is 28.4. The molecule has 0 fully saturated rings. The number of amides is 1. The van der Waals surface area contributed by atoms with E-state index in [4.69, 9.17) is 4.43 Å². The van der Waals surface area contributed by atoms with Gasteiger partial charge in [0.05, 0.1) is 0 Å². The number of carboxylic acid groups (broad SMARTS) is 1. The molecular weight excluding hydrogens is 310 g/mol. The molecule has 1 rings (SSSR count). The molecule has 1 aromatic carbocycles. The summed E-state index contributed by atoms with van der Waals surface area (Å²) < 4.78 is 6.17. The largest absolute Gasteiger partial charge is 0.478 e. The monoisotopic (exact) mass is 337 g/mol. The molecule has 0 radical (unpaired) electrons. The Morgan fingerprint density at radius 2 is 1.70 bits per heavy atom. The SMILES string of the molecule is CC(=O)NC(Cc1ccccc1)(O[Si](C)(C)C(C)(C)C)C(=O)O. The number of carbonyl (C=O) groups excluding carboxylic acids is 1. The molecule has 0 saturated heterocycles. The van der Waals surface area contributed by atoms with Crippen molar-refractivity contribution in [3.8, 4) is 0 Å². The summed E-state index contributed by atoms with van der Waals surface area (Å²) in [6, 6.07) is 9.19. The minimum atomic E-state index is -2.42. The van der Waals surface area contributed by atoms with E-state index in [0.717, 1.165) is 5.56 Å². The van der Waals surface area contributed by atoms with Crippen LogP contribution in [0.15, 0.2) is 30.3 Å². The van der Waals surface area contributed by atoms with Gasteiger partial charge in [-0.15, -0.1) is 0 Å². The van der Waals surface area contributed by atoms with Gasteiger partial charge in [0.25, 0.3) is 0 Å². The normalized spacial score (nSPS) is 14.9. The van der Waals surface area contributed by atoms with Gasteiger partial charge < -0.3 is 14.8 Å². The Labute approximate surface area is 139 Å². The summed E-state index contributed by atoms with van der Waals surface area (Å²) in [6.45, 7) is 11.3. The summed E-state index contributed by atoms with van der Waals surface area (Å²) in [5, 5.41) is 12.2. The fourth-order valence-corrected chi connectivity index (χ4v) is 3.42. The van der Waals surface area contributed by atoms with Gasteiger partial charge in [-0.2, -0.15) is 0 Å². The molecule has 1 atom stereocenters. The van der Waals surface area contributed by atoms with Crippen molar-refractivity contribution in [1.82, 2.24) is 5.32 Å². The molecule has 0 aromatic heterocycles. The lowest BCUT2D eigenvalue weighted by molar-refractivity contribution is -0.163. The van der Waals surface area contributed by atoms with Gasteiger partial charge in [-0.3, -0.25) is 4.79 Å². The minimum Gasteiger partial charge on any atom is -0.478 e. The van der Waals surface area contributed by atoms with E-state index < -0.39 is 25.9 Å². The van der Waals surface area contributed by atoms with Gasteiger partial charge >= 0.3 is 5.97 Å². The number of hydrogen-bond donors (Lipinski definition) is 2. The molecular formula is C17H27NO4Si. The highest BCUT2D eigenvalue weighted by Crippen LogP contribution is 2.39. The lowest BCUT2D eigenvalue weighted by Crippen LogP contribution is -2.63. The molecule has 6 heteroatoms. The van der Waals surface area contributed by atoms with E-state index in [1.807, 2.05) is 64.2 Å². The van der Waals surface area contributed by atoms with Crippen LogP contribution in [-0.2, 0) is 20.4 Å². The lowest BCUT2D eigenvalue weighted by Gasteiger charge is -2.43. The molecule has 0 spiro atoms. The van der Waals surface area contributed by atoms with Crippen LogP contribution in [0, 0.1) is 0 Å². The van der Waals surface area contributed by atoms with Crippen molar-refractivity contribution in [3.05, 3.63) is 35.9 Å². The summed E-state index contributed by atoms with van der Waals surface area (Å²) >= 11 is 0. The predicted molar refractivity (Wildman–Crippen MR) is 92.6 cm³/mol. The molecule has 0 aliphatic carbocycles. The second-order valence-electron chi connectivity index (χ2n) is 7.34. The second kappa shape index (κ2) is 6.84. The Bertz CT molecular complexity index is 566. The van der Waals surface area contributed by atoms with Gasteiger partial charge in [-0.1, -0.05) is 51.1 Å². The summed E-state index contributed by atoms with van der Waals surface area (Å²) in [6.07, 6.45) is 0.0786. The first-order valence-electron chi connectivity index (χ1n) is 7.66.